The molecule has 0 saturated carbocycles. The van der Waals surface area contributed by atoms with Crippen molar-refractivity contribution in [1.82, 2.24) is 0 Å². The fourth-order valence-corrected chi connectivity index (χ4v) is 1.59. The van der Waals surface area contributed by atoms with Gasteiger partial charge in [-0.2, -0.15) is 0 Å². The van der Waals surface area contributed by atoms with E-state index in [1.54, 1.807) is 25.3 Å². The molecule has 2 N–H and O–H groups in total. The molecule has 17 heavy (non-hydrogen) atoms. The molecule has 0 aliphatic rings. The molecule has 0 fully saturated rings. The number of nitrogens with two attached hydrogens (primary N) is 1. The summed E-state index contributed by atoms with van der Waals surface area (Å²) < 4.78 is 9.99. The Morgan fingerprint density at radius 2 is 2.00 bits per heavy atom. The maximum atomic E-state index is 11.5. The third-order valence-electron chi connectivity index (χ3n) is 2.86. The maximum absolute atomic E-state index is 11.5. The minimum atomic E-state index is -0.360. The van der Waals surface area contributed by atoms with Gasteiger partial charge in [-0.05, 0) is 18.2 Å². The molecule has 0 spiro atoms. The molecule has 4 heteroatoms. The van der Waals surface area contributed by atoms with Crippen LogP contribution in [0.25, 0.3) is 0 Å². The number of hydrogen-bond acceptors (Lipinski definition) is 4. The summed E-state index contributed by atoms with van der Waals surface area (Å²) >= 11 is 0. The first-order chi connectivity index (χ1) is 7.96. The van der Waals surface area contributed by atoms with E-state index in [1.807, 2.05) is 13.8 Å². The van der Waals surface area contributed by atoms with Gasteiger partial charge in [0.15, 0.2) is 0 Å². The van der Waals surface area contributed by atoms with Crippen LogP contribution in [0.15, 0.2) is 18.2 Å². The van der Waals surface area contributed by atoms with Gasteiger partial charge in [0.25, 0.3) is 0 Å². The van der Waals surface area contributed by atoms with Crippen LogP contribution in [-0.4, -0.2) is 26.7 Å². The van der Waals surface area contributed by atoms with Crippen LogP contribution < -0.4 is 10.5 Å². The summed E-state index contributed by atoms with van der Waals surface area (Å²) in [6.45, 7) is 4.48. The van der Waals surface area contributed by atoms with E-state index in [2.05, 4.69) is 0 Å². The number of esters is 1. The minimum Gasteiger partial charge on any atom is -0.496 e. The van der Waals surface area contributed by atoms with E-state index in [1.165, 1.54) is 7.11 Å². The molecule has 0 bridgehead atoms. The van der Waals surface area contributed by atoms with Crippen molar-refractivity contribution >= 4 is 5.97 Å². The average Bonchev–Trinajstić information content (AvgIpc) is 2.36. The second-order valence-electron chi connectivity index (χ2n) is 4.49. The van der Waals surface area contributed by atoms with Crippen LogP contribution in [-0.2, 0) is 10.2 Å². The van der Waals surface area contributed by atoms with Crippen molar-refractivity contribution in [3.8, 4) is 5.75 Å². The van der Waals surface area contributed by atoms with Gasteiger partial charge < -0.3 is 15.2 Å². The minimum absolute atomic E-state index is 0.255. The first kappa shape index (κ1) is 13.5. The lowest BCUT2D eigenvalue weighted by atomic mass is 9.83. The zero-order valence-corrected chi connectivity index (χ0v) is 10.7. The van der Waals surface area contributed by atoms with Crippen molar-refractivity contribution in [2.24, 2.45) is 5.73 Å². The molecule has 0 aromatic heterocycles. The molecule has 0 aliphatic heterocycles. The highest BCUT2D eigenvalue weighted by Crippen LogP contribution is 2.31. The zero-order valence-electron chi connectivity index (χ0n) is 10.7. The van der Waals surface area contributed by atoms with Gasteiger partial charge in [-0.3, -0.25) is 0 Å². The van der Waals surface area contributed by atoms with Gasteiger partial charge in [0, 0.05) is 17.5 Å². The second-order valence-corrected chi connectivity index (χ2v) is 4.49. The number of rotatable bonds is 4. The maximum Gasteiger partial charge on any atom is 0.337 e. The monoisotopic (exact) mass is 237 g/mol. The number of ether oxygens (including phenoxy) is 2. The highest BCUT2D eigenvalue weighted by Gasteiger charge is 2.24. The van der Waals surface area contributed by atoms with Gasteiger partial charge >= 0.3 is 5.97 Å². The Hall–Kier alpha value is -1.55. The van der Waals surface area contributed by atoms with E-state index in [0.717, 1.165) is 11.3 Å². The van der Waals surface area contributed by atoms with Crippen LogP contribution in [0.3, 0.4) is 0 Å². The molecule has 1 rings (SSSR count). The third kappa shape index (κ3) is 2.77. The highest BCUT2D eigenvalue weighted by atomic mass is 16.5. The smallest absolute Gasteiger partial charge is 0.337 e. The van der Waals surface area contributed by atoms with Gasteiger partial charge in [-0.25, -0.2) is 4.79 Å². The summed E-state index contributed by atoms with van der Waals surface area (Å²) in [6.07, 6.45) is 0. The molecule has 0 amide bonds. The third-order valence-corrected chi connectivity index (χ3v) is 2.86. The summed E-state index contributed by atoms with van der Waals surface area (Å²) in [6, 6.07) is 5.22. The summed E-state index contributed by atoms with van der Waals surface area (Å²) in [5, 5.41) is 0. The molecular weight excluding hydrogens is 218 g/mol. The van der Waals surface area contributed by atoms with E-state index >= 15 is 0 Å². The number of carbonyl (C=O) groups is 1. The number of benzene rings is 1. The topological polar surface area (TPSA) is 61.5 Å². The van der Waals surface area contributed by atoms with E-state index in [-0.39, 0.29) is 11.4 Å². The molecule has 0 radical (unpaired) electrons. The largest absolute Gasteiger partial charge is 0.496 e. The van der Waals surface area contributed by atoms with Crippen LogP contribution in [0.1, 0.15) is 29.8 Å². The molecule has 4 nitrogen and oxygen atoms in total. The van der Waals surface area contributed by atoms with Gasteiger partial charge in [0.2, 0.25) is 0 Å². The van der Waals surface area contributed by atoms with Crippen molar-refractivity contribution in [3.63, 3.8) is 0 Å². The molecule has 0 aliphatic carbocycles. The fraction of sp³-hybridized carbons (Fsp3) is 0.462. The predicted molar refractivity (Wildman–Crippen MR) is 66.4 cm³/mol. The predicted octanol–water partition coefficient (Wildman–Crippen LogP) is 1.72. The van der Waals surface area contributed by atoms with Crippen LogP contribution in [0.4, 0.5) is 0 Å². The van der Waals surface area contributed by atoms with Gasteiger partial charge in [0.1, 0.15) is 5.75 Å². The fourth-order valence-electron chi connectivity index (χ4n) is 1.59. The number of methoxy groups -OCH3 is 2. The molecule has 0 atom stereocenters. The number of hydrogen-bond donors (Lipinski definition) is 1. The first-order valence-electron chi connectivity index (χ1n) is 5.43. The van der Waals surface area contributed by atoms with Gasteiger partial charge in [0.05, 0.1) is 19.8 Å². The van der Waals surface area contributed by atoms with Crippen molar-refractivity contribution in [2.75, 3.05) is 20.8 Å². The lowest BCUT2D eigenvalue weighted by Gasteiger charge is -2.25. The SMILES string of the molecule is COC(=O)c1ccc(OC)c(C(C)(C)CN)c1. The molecule has 0 heterocycles. The van der Waals surface area contributed by atoms with Crippen LogP contribution >= 0.6 is 0 Å². The quantitative estimate of drug-likeness (QED) is 0.810. The zero-order chi connectivity index (χ0) is 13.1. The molecule has 0 unspecified atom stereocenters. The highest BCUT2D eigenvalue weighted by molar-refractivity contribution is 5.89. The Kier molecular flexibility index (Phi) is 4.12. The van der Waals surface area contributed by atoms with Crippen molar-refractivity contribution in [2.45, 2.75) is 19.3 Å². The summed E-state index contributed by atoms with van der Waals surface area (Å²) in [5.74, 6) is 0.370. The number of carbonyl (C=O) groups excluding carboxylic acids is 1. The van der Waals surface area contributed by atoms with Crippen molar-refractivity contribution < 1.29 is 14.3 Å². The van der Waals surface area contributed by atoms with Gasteiger partial charge in [-0.15, -0.1) is 0 Å². The lowest BCUT2D eigenvalue weighted by molar-refractivity contribution is 0.0600. The van der Waals surface area contributed by atoms with E-state index in [9.17, 15) is 4.79 Å². The molecule has 94 valence electrons. The first-order valence-corrected chi connectivity index (χ1v) is 5.43. The average molecular weight is 237 g/mol. The lowest BCUT2D eigenvalue weighted by Crippen LogP contribution is -2.29. The summed E-state index contributed by atoms with van der Waals surface area (Å²) in [7, 11) is 2.96. The molecular formula is C13H19NO3. The molecule has 1 aromatic carbocycles. The summed E-state index contributed by atoms with van der Waals surface area (Å²) in [5.41, 5.74) is 6.91. The Morgan fingerprint density at radius 1 is 1.35 bits per heavy atom. The summed E-state index contributed by atoms with van der Waals surface area (Å²) in [4.78, 5) is 11.5. The van der Waals surface area contributed by atoms with E-state index < -0.39 is 0 Å². The van der Waals surface area contributed by atoms with Crippen molar-refractivity contribution in [3.05, 3.63) is 29.3 Å². The molecule has 0 saturated heterocycles. The second kappa shape index (κ2) is 5.19. The Bertz CT molecular complexity index is 413. The Balaban J connectivity index is 3.29. The van der Waals surface area contributed by atoms with E-state index in [0.29, 0.717) is 12.1 Å². The van der Waals surface area contributed by atoms with E-state index in [4.69, 9.17) is 15.2 Å². The van der Waals surface area contributed by atoms with Crippen LogP contribution in [0.2, 0.25) is 0 Å². The Morgan fingerprint density at radius 3 is 2.47 bits per heavy atom. The van der Waals surface area contributed by atoms with Crippen LogP contribution in [0.5, 0.6) is 5.75 Å². The van der Waals surface area contributed by atoms with Gasteiger partial charge in [-0.1, -0.05) is 13.8 Å². The van der Waals surface area contributed by atoms with Crippen molar-refractivity contribution in [1.29, 1.82) is 0 Å². The standard InChI is InChI=1S/C13H19NO3/c1-13(2,8-14)10-7-9(12(15)17-4)5-6-11(10)16-3/h5-7H,8,14H2,1-4H3. The Labute approximate surface area is 102 Å². The molecule has 1 aromatic rings. The van der Waals surface area contributed by atoms with Crippen LogP contribution in [0, 0.1) is 0 Å². The normalized spacial score (nSPS) is 11.1.